The first kappa shape index (κ1) is 25.4. The molecule has 2 unspecified atom stereocenters. The number of rotatable bonds is 6. The summed E-state index contributed by atoms with van der Waals surface area (Å²) in [5, 5.41) is 26.8. The fraction of sp³-hybridized carbons (Fsp3) is 0.414. The molecule has 0 spiro atoms. The smallest absolute Gasteiger partial charge is 0.151 e. The largest absolute Gasteiger partial charge is 0.383 e. The molecular formula is C29H24Cl2FN3O3S. The third kappa shape index (κ3) is 4.36. The minimum Gasteiger partial charge on any atom is -0.383 e. The van der Waals surface area contributed by atoms with Crippen molar-refractivity contribution in [2.75, 3.05) is 0 Å². The van der Waals surface area contributed by atoms with Gasteiger partial charge in [-0.1, -0.05) is 34.4 Å². The Hall–Kier alpha value is -2.54. The molecule has 2 aromatic carbocycles. The van der Waals surface area contributed by atoms with Crippen LogP contribution in [-0.2, 0) is 16.9 Å². The number of fused-ring (bicyclic) bond motifs is 3. The highest BCUT2D eigenvalue weighted by molar-refractivity contribution is 7.18. The third-order valence-corrected chi connectivity index (χ3v) is 10.2. The van der Waals surface area contributed by atoms with Crippen molar-refractivity contribution in [3.05, 3.63) is 68.1 Å². The van der Waals surface area contributed by atoms with Gasteiger partial charge in [-0.25, -0.2) is 9.37 Å². The van der Waals surface area contributed by atoms with E-state index in [4.69, 9.17) is 32.5 Å². The molecule has 200 valence electrons. The topological polar surface area (TPSA) is 92.2 Å². The Morgan fingerprint density at radius 2 is 1.87 bits per heavy atom. The molecule has 10 heteroatoms. The van der Waals surface area contributed by atoms with E-state index in [-0.39, 0.29) is 29.0 Å². The summed E-state index contributed by atoms with van der Waals surface area (Å²) < 4.78 is 27.5. The first-order chi connectivity index (χ1) is 18.8. The average molecular weight is 585 g/mol. The van der Waals surface area contributed by atoms with Gasteiger partial charge in [-0.15, -0.1) is 11.3 Å². The summed E-state index contributed by atoms with van der Waals surface area (Å²) in [6.07, 6.45) is 4.94. The van der Waals surface area contributed by atoms with Crippen molar-refractivity contribution in [2.45, 2.75) is 62.8 Å². The Kier molecular flexibility index (Phi) is 6.22. The van der Waals surface area contributed by atoms with Crippen molar-refractivity contribution in [2.24, 2.45) is 11.8 Å². The summed E-state index contributed by atoms with van der Waals surface area (Å²) in [5.74, 6) is 0.910. The van der Waals surface area contributed by atoms with Gasteiger partial charge in [-0.3, -0.25) is 0 Å². The maximum Gasteiger partial charge on any atom is 0.151 e. The van der Waals surface area contributed by atoms with Crippen molar-refractivity contribution in [3.63, 3.8) is 0 Å². The highest BCUT2D eigenvalue weighted by Crippen LogP contribution is 2.54. The monoisotopic (exact) mass is 583 g/mol. The fourth-order valence-electron chi connectivity index (χ4n) is 6.46. The van der Waals surface area contributed by atoms with Gasteiger partial charge in [0.05, 0.1) is 39.1 Å². The standard InChI is InChI=1S/C29H24Cl2FN3O3S/c30-19-2-1-3-20(31)23(19)24-18(27(38-35-24)15-4-5-15)13-37-26-16-6-7-17(26)11-29(36,10-16)28-34-25-21(32)8-14(12-33)9-22(25)39-28/h1-3,8-9,15-17,26,36H,4-7,10-11,13H2. The first-order valence-corrected chi connectivity index (χ1v) is 14.7. The molecule has 2 heterocycles. The van der Waals surface area contributed by atoms with Crippen LogP contribution < -0.4 is 0 Å². The van der Waals surface area contributed by atoms with Crippen molar-refractivity contribution in [1.82, 2.24) is 10.1 Å². The predicted molar refractivity (Wildman–Crippen MR) is 146 cm³/mol. The number of aromatic nitrogens is 2. The van der Waals surface area contributed by atoms with Gasteiger partial charge < -0.3 is 14.4 Å². The van der Waals surface area contributed by atoms with E-state index in [1.54, 1.807) is 24.3 Å². The van der Waals surface area contributed by atoms with Crippen molar-refractivity contribution >= 4 is 44.8 Å². The maximum atomic E-state index is 14.6. The van der Waals surface area contributed by atoms with E-state index < -0.39 is 11.4 Å². The molecule has 2 aromatic heterocycles. The number of nitriles is 1. The Bertz CT molecular complexity index is 1610. The van der Waals surface area contributed by atoms with Crippen LogP contribution in [0.5, 0.6) is 0 Å². The van der Waals surface area contributed by atoms with E-state index in [9.17, 15) is 14.8 Å². The molecule has 2 bridgehead atoms. The van der Waals surface area contributed by atoms with Gasteiger partial charge >= 0.3 is 0 Å². The lowest BCUT2D eigenvalue weighted by atomic mass is 9.76. The zero-order chi connectivity index (χ0) is 26.9. The molecule has 3 aliphatic rings. The van der Waals surface area contributed by atoms with Crippen molar-refractivity contribution in [3.8, 4) is 17.3 Å². The molecule has 39 heavy (non-hydrogen) atoms. The summed E-state index contributed by atoms with van der Waals surface area (Å²) in [6.45, 7) is 0.325. The Labute approximate surface area is 238 Å². The molecule has 0 saturated heterocycles. The lowest BCUT2D eigenvalue weighted by molar-refractivity contribution is -0.105. The fourth-order valence-corrected chi connectivity index (χ4v) is 8.16. The molecule has 3 fully saturated rings. The van der Waals surface area contributed by atoms with Crippen molar-refractivity contribution in [1.29, 1.82) is 5.26 Å². The molecule has 0 aliphatic heterocycles. The molecule has 2 atom stereocenters. The first-order valence-electron chi connectivity index (χ1n) is 13.1. The van der Waals surface area contributed by atoms with Crippen LogP contribution in [0.2, 0.25) is 10.0 Å². The van der Waals surface area contributed by atoms with Crippen LogP contribution in [0, 0.1) is 29.0 Å². The zero-order valence-electron chi connectivity index (χ0n) is 20.8. The summed E-state index contributed by atoms with van der Waals surface area (Å²) >= 11 is 14.3. The average Bonchev–Trinajstić information content (AvgIpc) is 3.42. The van der Waals surface area contributed by atoms with Gasteiger partial charge in [-0.05, 0) is 74.6 Å². The van der Waals surface area contributed by atoms with Crippen LogP contribution in [-0.4, -0.2) is 21.4 Å². The molecule has 6 nitrogen and oxygen atoms in total. The van der Waals surface area contributed by atoms with E-state index in [0.29, 0.717) is 56.4 Å². The molecule has 1 N–H and O–H groups in total. The molecular weight excluding hydrogens is 560 g/mol. The number of hydrogen-bond acceptors (Lipinski definition) is 7. The van der Waals surface area contributed by atoms with Crippen LogP contribution in [0.25, 0.3) is 21.5 Å². The summed E-state index contributed by atoms with van der Waals surface area (Å²) in [5.41, 5.74) is 1.47. The summed E-state index contributed by atoms with van der Waals surface area (Å²) in [4.78, 5) is 4.49. The number of ether oxygens (including phenoxy) is 1. The van der Waals surface area contributed by atoms with Gasteiger partial charge in [-0.2, -0.15) is 5.26 Å². The zero-order valence-corrected chi connectivity index (χ0v) is 23.1. The van der Waals surface area contributed by atoms with E-state index in [0.717, 1.165) is 37.0 Å². The number of halogens is 3. The Balaban J connectivity index is 1.14. The van der Waals surface area contributed by atoms with Crippen molar-refractivity contribution < 1.29 is 18.8 Å². The number of aliphatic hydroxyl groups is 1. The number of thiazole rings is 1. The predicted octanol–water partition coefficient (Wildman–Crippen LogP) is 7.74. The molecule has 3 saturated carbocycles. The lowest BCUT2D eigenvalue weighted by Gasteiger charge is -2.40. The van der Waals surface area contributed by atoms with E-state index >= 15 is 0 Å². The number of hydrogen-bond donors (Lipinski definition) is 1. The SMILES string of the molecule is N#Cc1cc(F)c2nc(C3(O)CC4CCC(C3)C4OCc3c(-c4c(Cl)cccc4Cl)noc3C3CC3)sc2c1. The van der Waals surface area contributed by atoms with E-state index in [1.165, 1.54) is 17.4 Å². The van der Waals surface area contributed by atoms with Crippen LogP contribution in [0.15, 0.2) is 34.9 Å². The molecule has 0 amide bonds. The highest BCUT2D eigenvalue weighted by Gasteiger charge is 2.51. The third-order valence-electron chi connectivity index (χ3n) is 8.40. The normalized spacial score (nSPS) is 26.3. The summed E-state index contributed by atoms with van der Waals surface area (Å²) in [6, 6.07) is 10.2. The van der Waals surface area contributed by atoms with Crippen LogP contribution >= 0.6 is 34.5 Å². The quantitative estimate of drug-likeness (QED) is 0.249. The lowest BCUT2D eigenvalue weighted by Crippen LogP contribution is -2.42. The molecule has 4 aromatic rings. The van der Waals surface area contributed by atoms with Gasteiger partial charge in [0.1, 0.15) is 27.6 Å². The van der Waals surface area contributed by atoms with Gasteiger partial charge in [0.25, 0.3) is 0 Å². The van der Waals surface area contributed by atoms with Gasteiger partial charge in [0.2, 0.25) is 0 Å². The van der Waals surface area contributed by atoms with Crippen LogP contribution in [0.3, 0.4) is 0 Å². The van der Waals surface area contributed by atoms with Crippen LogP contribution in [0.4, 0.5) is 4.39 Å². The van der Waals surface area contributed by atoms with E-state index in [1.807, 2.05) is 6.07 Å². The molecule has 3 aliphatic carbocycles. The summed E-state index contributed by atoms with van der Waals surface area (Å²) in [7, 11) is 0. The minimum atomic E-state index is -1.15. The minimum absolute atomic E-state index is 0.0295. The van der Waals surface area contributed by atoms with Gasteiger partial charge in [0, 0.05) is 17.0 Å². The second kappa shape index (κ2) is 9.53. The Morgan fingerprint density at radius 3 is 2.54 bits per heavy atom. The van der Waals surface area contributed by atoms with E-state index in [2.05, 4.69) is 10.1 Å². The van der Waals surface area contributed by atoms with Crippen LogP contribution in [0.1, 0.15) is 66.3 Å². The second-order valence-corrected chi connectivity index (χ2v) is 12.8. The Morgan fingerprint density at radius 1 is 1.15 bits per heavy atom. The number of benzene rings is 2. The van der Waals surface area contributed by atoms with Gasteiger partial charge in [0.15, 0.2) is 5.82 Å². The second-order valence-electron chi connectivity index (χ2n) is 11.0. The molecule has 0 radical (unpaired) electrons. The maximum absolute atomic E-state index is 14.6. The molecule has 7 rings (SSSR count). The highest BCUT2D eigenvalue weighted by atomic mass is 35.5. The number of nitrogens with zero attached hydrogens (tertiary/aromatic N) is 3.